The van der Waals surface area contributed by atoms with Crippen LogP contribution in [0, 0.1) is 5.92 Å². The Hall–Kier alpha value is -0.120. The average molecular weight is 185 g/mol. The highest BCUT2D eigenvalue weighted by molar-refractivity contribution is 4.82. The largest absolute Gasteiger partial charge is 0.381 e. The van der Waals surface area contributed by atoms with Crippen molar-refractivity contribution in [1.29, 1.82) is 0 Å². The van der Waals surface area contributed by atoms with Crippen LogP contribution in [0.2, 0.25) is 0 Å². The number of rotatable bonds is 3. The molecule has 1 saturated heterocycles. The Bertz CT molecular complexity index is 151. The molecule has 1 aliphatic carbocycles. The summed E-state index contributed by atoms with van der Waals surface area (Å²) in [6.07, 6.45) is 3.15. The maximum Gasteiger partial charge on any atom is 0.0885 e. The summed E-state index contributed by atoms with van der Waals surface area (Å²) in [7, 11) is 1.83. The molecule has 2 aliphatic rings. The topological polar surface area (TPSA) is 29.1 Å². The smallest absolute Gasteiger partial charge is 0.0885 e. The molecule has 0 atom stereocenters. The highest BCUT2D eigenvalue weighted by atomic mass is 16.5. The van der Waals surface area contributed by atoms with Crippen LogP contribution < -0.4 is 5.32 Å². The molecule has 2 fully saturated rings. The molecule has 3 heteroatoms. The van der Waals surface area contributed by atoms with E-state index in [1.165, 1.54) is 45.6 Å². The van der Waals surface area contributed by atoms with E-state index in [0.717, 1.165) is 5.92 Å². The Labute approximate surface area is 80.4 Å². The van der Waals surface area contributed by atoms with E-state index in [4.69, 9.17) is 4.74 Å². The highest BCUT2D eigenvalue weighted by Crippen LogP contribution is 2.30. The van der Waals surface area contributed by atoms with Crippen molar-refractivity contribution in [3.05, 3.63) is 0 Å². The van der Waals surface area contributed by atoms with Gasteiger partial charge in [-0.1, -0.05) is 0 Å². The third-order valence-corrected chi connectivity index (χ3v) is 3.34. The first-order valence-electron chi connectivity index (χ1n) is 5.45. The Morgan fingerprint density at radius 3 is 2.62 bits per heavy atom. The van der Waals surface area contributed by atoms with E-state index in [9.17, 15) is 0 Å². The molecule has 1 saturated carbocycles. The van der Waals surface area contributed by atoms with Crippen LogP contribution in [-0.2, 0) is 4.74 Å². The Morgan fingerprint density at radius 2 is 2.00 bits per heavy atom. The lowest BCUT2D eigenvalue weighted by atomic mass is 9.82. The van der Waals surface area contributed by atoms with Crippen molar-refractivity contribution < 1.29 is 10.1 Å². The monoisotopic (exact) mass is 185 g/mol. The first-order valence-corrected chi connectivity index (χ1v) is 5.45. The first-order chi connectivity index (χ1) is 6.38. The van der Waals surface area contributed by atoms with E-state index in [2.05, 4.69) is 10.2 Å². The third kappa shape index (κ3) is 2.42. The molecule has 13 heavy (non-hydrogen) atoms. The molecular formula is C10H21N2O+. The second kappa shape index (κ2) is 4.40. The van der Waals surface area contributed by atoms with Crippen LogP contribution in [-0.4, -0.2) is 50.8 Å². The third-order valence-electron chi connectivity index (χ3n) is 3.34. The van der Waals surface area contributed by atoms with Crippen molar-refractivity contribution >= 4 is 0 Å². The van der Waals surface area contributed by atoms with Gasteiger partial charge in [-0.15, -0.1) is 0 Å². The molecule has 3 nitrogen and oxygen atoms in total. The molecule has 76 valence electrons. The summed E-state index contributed by atoms with van der Waals surface area (Å²) in [5.41, 5.74) is 0. The maximum atomic E-state index is 5.28. The minimum atomic E-state index is 0.571. The molecule has 0 spiro atoms. The number of ether oxygens (including phenoxy) is 1. The van der Waals surface area contributed by atoms with Gasteiger partial charge in [0.1, 0.15) is 0 Å². The second-order valence-corrected chi connectivity index (χ2v) is 4.36. The fourth-order valence-corrected chi connectivity index (χ4v) is 2.37. The summed E-state index contributed by atoms with van der Waals surface area (Å²) in [5, 5.41) is 2.41. The molecule has 1 aliphatic heterocycles. The lowest BCUT2D eigenvalue weighted by Gasteiger charge is -2.38. The minimum absolute atomic E-state index is 0.571. The number of hydrogen-bond acceptors (Lipinski definition) is 2. The van der Waals surface area contributed by atoms with Crippen molar-refractivity contribution in [2.24, 2.45) is 5.92 Å². The normalized spacial score (nSPS) is 35.8. The van der Waals surface area contributed by atoms with Gasteiger partial charge in [0.2, 0.25) is 0 Å². The quantitative estimate of drug-likeness (QED) is 0.629. The summed E-state index contributed by atoms with van der Waals surface area (Å²) < 4.78 is 5.28. The molecule has 2 N–H and O–H groups in total. The van der Waals surface area contributed by atoms with Crippen LogP contribution in [0.5, 0.6) is 0 Å². The molecule has 0 bridgehead atoms. The van der Waals surface area contributed by atoms with E-state index < -0.39 is 0 Å². The van der Waals surface area contributed by atoms with Crippen LogP contribution in [0.4, 0.5) is 0 Å². The van der Waals surface area contributed by atoms with E-state index in [1.807, 2.05) is 7.11 Å². The number of methoxy groups -OCH3 is 1. The van der Waals surface area contributed by atoms with E-state index >= 15 is 0 Å². The standard InChI is InChI=1S/C10H20N2O/c1-13-10-6-9(7-10)8-12-4-2-11-3-5-12/h9-11H,2-8H2,1H3/p+1. The van der Waals surface area contributed by atoms with E-state index in [0.29, 0.717) is 6.10 Å². The first kappa shape index (κ1) is 9.44. The predicted molar refractivity (Wildman–Crippen MR) is 51.6 cm³/mol. The number of piperazine rings is 1. The van der Waals surface area contributed by atoms with Crippen LogP contribution in [0.25, 0.3) is 0 Å². The van der Waals surface area contributed by atoms with Crippen molar-refractivity contribution in [3.8, 4) is 0 Å². The lowest BCUT2D eigenvalue weighted by molar-refractivity contribution is -0.663. The Morgan fingerprint density at radius 1 is 1.31 bits per heavy atom. The maximum absolute atomic E-state index is 5.28. The molecule has 0 amide bonds. The van der Waals surface area contributed by atoms with Gasteiger partial charge in [0.05, 0.1) is 19.2 Å². The Balaban J connectivity index is 1.62. The van der Waals surface area contributed by atoms with Crippen molar-refractivity contribution in [2.45, 2.75) is 18.9 Å². The zero-order valence-electron chi connectivity index (χ0n) is 8.54. The number of nitrogens with two attached hydrogens (primary N) is 1. The van der Waals surface area contributed by atoms with Gasteiger partial charge in [0, 0.05) is 26.7 Å². The zero-order chi connectivity index (χ0) is 9.10. The van der Waals surface area contributed by atoms with Crippen LogP contribution in [0.15, 0.2) is 0 Å². The minimum Gasteiger partial charge on any atom is -0.381 e. The number of hydrogen-bond donors (Lipinski definition) is 1. The SMILES string of the molecule is COC1CC(CN2CC[NH2+]CC2)C1. The molecule has 0 unspecified atom stereocenters. The van der Waals surface area contributed by atoms with Gasteiger partial charge in [-0.25, -0.2) is 0 Å². The van der Waals surface area contributed by atoms with Gasteiger partial charge in [-0.05, 0) is 18.8 Å². The average Bonchev–Trinajstić information content (AvgIpc) is 2.12. The fourth-order valence-electron chi connectivity index (χ4n) is 2.37. The van der Waals surface area contributed by atoms with Crippen LogP contribution in [0.3, 0.4) is 0 Å². The summed E-state index contributed by atoms with van der Waals surface area (Å²) in [5.74, 6) is 0.919. The van der Waals surface area contributed by atoms with Gasteiger partial charge >= 0.3 is 0 Å². The summed E-state index contributed by atoms with van der Waals surface area (Å²) in [6.45, 7) is 6.47. The summed E-state index contributed by atoms with van der Waals surface area (Å²) >= 11 is 0. The summed E-state index contributed by atoms with van der Waals surface area (Å²) in [6, 6.07) is 0. The van der Waals surface area contributed by atoms with Crippen LogP contribution >= 0.6 is 0 Å². The number of nitrogens with zero attached hydrogens (tertiary/aromatic N) is 1. The fraction of sp³-hybridized carbons (Fsp3) is 1.00. The molecule has 0 radical (unpaired) electrons. The number of quaternary nitrogens is 1. The predicted octanol–water partition coefficient (Wildman–Crippen LogP) is -0.710. The highest BCUT2D eigenvalue weighted by Gasteiger charge is 2.30. The van der Waals surface area contributed by atoms with Crippen molar-refractivity contribution in [1.82, 2.24) is 4.90 Å². The van der Waals surface area contributed by atoms with E-state index in [1.54, 1.807) is 0 Å². The van der Waals surface area contributed by atoms with Gasteiger partial charge in [-0.2, -0.15) is 0 Å². The lowest BCUT2D eigenvalue weighted by Crippen LogP contribution is -2.89. The van der Waals surface area contributed by atoms with Gasteiger partial charge in [-0.3, -0.25) is 4.90 Å². The van der Waals surface area contributed by atoms with Crippen LogP contribution in [0.1, 0.15) is 12.8 Å². The molecular weight excluding hydrogens is 164 g/mol. The molecule has 0 aromatic carbocycles. The Kier molecular flexibility index (Phi) is 3.19. The second-order valence-electron chi connectivity index (χ2n) is 4.36. The molecule has 2 rings (SSSR count). The zero-order valence-corrected chi connectivity index (χ0v) is 8.54. The summed E-state index contributed by atoms with van der Waals surface area (Å²) in [4.78, 5) is 2.61. The van der Waals surface area contributed by atoms with Crippen molar-refractivity contribution in [2.75, 3.05) is 39.8 Å². The van der Waals surface area contributed by atoms with E-state index in [-0.39, 0.29) is 0 Å². The van der Waals surface area contributed by atoms with Gasteiger partial charge in [0.15, 0.2) is 0 Å². The molecule has 0 aromatic rings. The molecule has 0 aromatic heterocycles. The van der Waals surface area contributed by atoms with Gasteiger partial charge < -0.3 is 10.1 Å². The molecule has 1 heterocycles. The van der Waals surface area contributed by atoms with Gasteiger partial charge in [0.25, 0.3) is 0 Å². The van der Waals surface area contributed by atoms with Crippen molar-refractivity contribution in [3.63, 3.8) is 0 Å².